The number of hydrogen-bond acceptors (Lipinski definition) is 2. The second-order valence-electron chi connectivity index (χ2n) is 7.69. The third-order valence-electron chi connectivity index (χ3n) is 5.72. The first-order valence-electron chi connectivity index (χ1n) is 10.0. The van der Waals surface area contributed by atoms with Gasteiger partial charge in [0.2, 0.25) is 5.91 Å². The Labute approximate surface area is 184 Å². The molecule has 0 saturated carbocycles. The van der Waals surface area contributed by atoms with Crippen LogP contribution < -0.4 is 5.32 Å². The number of rotatable bonds is 4. The van der Waals surface area contributed by atoms with E-state index in [1.54, 1.807) is 29.2 Å². The van der Waals surface area contributed by atoms with Gasteiger partial charge < -0.3 is 14.8 Å². The van der Waals surface area contributed by atoms with E-state index in [9.17, 15) is 9.59 Å². The minimum atomic E-state index is -0.328. The van der Waals surface area contributed by atoms with Crippen molar-refractivity contribution in [3.8, 4) is 0 Å². The Morgan fingerprint density at radius 1 is 0.968 bits per heavy atom. The molecule has 6 heteroatoms. The number of carbonyl (C=O) groups is 2. The van der Waals surface area contributed by atoms with Crippen molar-refractivity contribution in [2.45, 2.75) is 6.04 Å². The summed E-state index contributed by atoms with van der Waals surface area (Å²) in [6, 6.07) is 22.3. The monoisotopic (exact) mass is 429 g/mol. The molecule has 0 unspecified atom stereocenters. The molecule has 1 aliphatic rings. The third-order valence-corrected chi connectivity index (χ3v) is 5.97. The minimum Gasteiger partial charge on any atom is -0.350 e. The fourth-order valence-electron chi connectivity index (χ4n) is 4.35. The lowest BCUT2D eigenvalue weighted by molar-refractivity contribution is -0.117. The van der Waals surface area contributed by atoms with Crippen LogP contribution in [0.1, 0.15) is 27.5 Å². The third kappa shape index (κ3) is 3.37. The zero-order valence-corrected chi connectivity index (χ0v) is 17.6. The molecule has 1 aromatic heterocycles. The van der Waals surface area contributed by atoms with E-state index in [1.165, 1.54) is 0 Å². The Bertz CT molecular complexity index is 1310. The lowest BCUT2D eigenvalue weighted by Crippen LogP contribution is -2.36. The molecule has 0 spiro atoms. The van der Waals surface area contributed by atoms with Gasteiger partial charge in [0.05, 0.1) is 6.04 Å². The van der Waals surface area contributed by atoms with Crippen LogP contribution in [0.4, 0.5) is 5.69 Å². The van der Waals surface area contributed by atoms with E-state index >= 15 is 0 Å². The van der Waals surface area contributed by atoms with Crippen LogP contribution in [0.15, 0.2) is 79.0 Å². The summed E-state index contributed by atoms with van der Waals surface area (Å²) >= 11 is 5.93. The van der Waals surface area contributed by atoms with E-state index in [0.717, 1.165) is 22.0 Å². The van der Waals surface area contributed by atoms with Crippen LogP contribution in [0.2, 0.25) is 5.02 Å². The number of aryl methyl sites for hydroxylation is 1. The Balaban J connectivity index is 1.53. The standard InChI is InChI=1S/C25H20ClN3O2/c1-28-14-21(18-6-4-5-9-22(18)28)24-19-7-2-3-8-20(19)25(31)29(24)15-23(30)27-17-12-10-16(26)11-13-17/h2-14,24H,15H2,1H3,(H,27,30)/t24-/m1/s1. The maximum Gasteiger partial charge on any atom is 0.255 e. The highest BCUT2D eigenvalue weighted by atomic mass is 35.5. The predicted molar refractivity (Wildman–Crippen MR) is 122 cm³/mol. The number of fused-ring (bicyclic) bond motifs is 2. The fraction of sp³-hybridized carbons (Fsp3) is 0.120. The van der Waals surface area contributed by atoms with Gasteiger partial charge in [-0.1, -0.05) is 48.0 Å². The number of para-hydroxylation sites is 1. The summed E-state index contributed by atoms with van der Waals surface area (Å²) in [7, 11) is 1.99. The summed E-state index contributed by atoms with van der Waals surface area (Å²) in [5.74, 6) is -0.395. The number of halogens is 1. The van der Waals surface area contributed by atoms with Gasteiger partial charge in [0, 0.05) is 46.0 Å². The van der Waals surface area contributed by atoms with E-state index in [4.69, 9.17) is 11.6 Å². The summed E-state index contributed by atoms with van der Waals surface area (Å²) in [6.07, 6.45) is 2.05. The van der Waals surface area contributed by atoms with E-state index in [2.05, 4.69) is 28.2 Å². The molecule has 5 rings (SSSR count). The zero-order valence-electron chi connectivity index (χ0n) is 16.9. The number of amides is 2. The van der Waals surface area contributed by atoms with Gasteiger partial charge in [-0.25, -0.2) is 0 Å². The van der Waals surface area contributed by atoms with Crippen molar-refractivity contribution < 1.29 is 9.59 Å². The van der Waals surface area contributed by atoms with Gasteiger partial charge in [0.15, 0.2) is 0 Å². The summed E-state index contributed by atoms with van der Waals surface area (Å²) in [5, 5.41) is 4.53. The molecule has 3 aromatic carbocycles. The van der Waals surface area contributed by atoms with Crippen LogP contribution in [-0.4, -0.2) is 27.8 Å². The quantitative estimate of drug-likeness (QED) is 0.495. The fourth-order valence-corrected chi connectivity index (χ4v) is 4.47. The number of nitrogens with zero attached hydrogens (tertiary/aromatic N) is 2. The average molecular weight is 430 g/mol. The van der Waals surface area contributed by atoms with E-state index in [-0.39, 0.29) is 24.4 Å². The molecule has 5 nitrogen and oxygen atoms in total. The molecule has 0 aliphatic carbocycles. The second kappa shape index (κ2) is 7.60. The maximum absolute atomic E-state index is 13.3. The van der Waals surface area contributed by atoms with Gasteiger partial charge in [-0.2, -0.15) is 0 Å². The normalized spacial score (nSPS) is 15.4. The maximum atomic E-state index is 13.3. The molecular weight excluding hydrogens is 410 g/mol. The number of hydrogen-bond donors (Lipinski definition) is 1. The largest absolute Gasteiger partial charge is 0.350 e. The molecule has 1 N–H and O–H groups in total. The highest BCUT2D eigenvalue weighted by molar-refractivity contribution is 6.30. The van der Waals surface area contributed by atoms with Crippen molar-refractivity contribution >= 4 is 40.0 Å². The van der Waals surface area contributed by atoms with Crippen LogP contribution in [0.5, 0.6) is 0 Å². The molecule has 154 valence electrons. The highest BCUT2D eigenvalue weighted by Crippen LogP contribution is 2.41. The van der Waals surface area contributed by atoms with Crippen LogP contribution in [0, 0.1) is 0 Å². The lowest BCUT2D eigenvalue weighted by atomic mass is 9.97. The summed E-state index contributed by atoms with van der Waals surface area (Å²) in [5.41, 5.74) is 4.29. The molecule has 2 heterocycles. The molecule has 31 heavy (non-hydrogen) atoms. The van der Waals surface area contributed by atoms with Crippen LogP contribution in [0.3, 0.4) is 0 Å². The average Bonchev–Trinajstić information content (AvgIpc) is 3.24. The summed E-state index contributed by atoms with van der Waals surface area (Å²) in [6.45, 7) is -0.0516. The van der Waals surface area contributed by atoms with Crippen molar-refractivity contribution in [2.24, 2.45) is 7.05 Å². The number of carbonyl (C=O) groups excluding carboxylic acids is 2. The first-order chi connectivity index (χ1) is 15.0. The van der Waals surface area contributed by atoms with Crippen LogP contribution in [-0.2, 0) is 11.8 Å². The summed E-state index contributed by atoms with van der Waals surface area (Å²) in [4.78, 5) is 27.8. The van der Waals surface area contributed by atoms with Gasteiger partial charge in [-0.05, 0) is 42.0 Å². The minimum absolute atomic E-state index is 0.0516. The Hall–Kier alpha value is -3.57. The molecule has 0 bridgehead atoms. The smallest absolute Gasteiger partial charge is 0.255 e. The Kier molecular flexibility index (Phi) is 4.75. The molecular formula is C25H20ClN3O2. The van der Waals surface area contributed by atoms with Gasteiger partial charge in [0.1, 0.15) is 6.54 Å². The second-order valence-corrected chi connectivity index (χ2v) is 8.13. The predicted octanol–water partition coefficient (Wildman–Crippen LogP) is 5.02. The lowest BCUT2D eigenvalue weighted by Gasteiger charge is -2.25. The molecule has 1 aliphatic heterocycles. The molecule has 2 amide bonds. The number of nitrogens with one attached hydrogen (secondary N) is 1. The van der Waals surface area contributed by atoms with E-state index in [0.29, 0.717) is 16.3 Å². The first-order valence-corrected chi connectivity index (χ1v) is 10.4. The zero-order chi connectivity index (χ0) is 21.5. The van der Waals surface area contributed by atoms with Gasteiger partial charge in [-0.3, -0.25) is 9.59 Å². The Morgan fingerprint density at radius 3 is 2.48 bits per heavy atom. The van der Waals surface area contributed by atoms with E-state index in [1.807, 2.05) is 43.4 Å². The van der Waals surface area contributed by atoms with Gasteiger partial charge in [0.25, 0.3) is 5.91 Å². The van der Waals surface area contributed by atoms with Crippen LogP contribution >= 0.6 is 11.6 Å². The van der Waals surface area contributed by atoms with Crippen molar-refractivity contribution in [2.75, 3.05) is 11.9 Å². The molecule has 1 atom stereocenters. The summed E-state index contributed by atoms with van der Waals surface area (Å²) < 4.78 is 2.06. The molecule has 0 saturated heterocycles. The molecule has 4 aromatic rings. The van der Waals surface area contributed by atoms with Gasteiger partial charge >= 0.3 is 0 Å². The van der Waals surface area contributed by atoms with Crippen molar-refractivity contribution in [1.29, 1.82) is 0 Å². The topological polar surface area (TPSA) is 54.3 Å². The van der Waals surface area contributed by atoms with Crippen molar-refractivity contribution in [3.63, 3.8) is 0 Å². The number of benzene rings is 3. The SMILES string of the molecule is Cn1cc([C@H]2c3ccccc3C(=O)N2CC(=O)Nc2ccc(Cl)cc2)c2ccccc21. The first kappa shape index (κ1) is 19.4. The number of anilines is 1. The van der Waals surface area contributed by atoms with Gasteiger partial charge in [-0.15, -0.1) is 0 Å². The highest BCUT2D eigenvalue weighted by Gasteiger charge is 2.39. The van der Waals surface area contributed by atoms with Crippen LogP contribution in [0.25, 0.3) is 10.9 Å². The number of aromatic nitrogens is 1. The Morgan fingerprint density at radius 2 is 1.68 bits per heavy atom. The molecule has 0 fully saturated rings. The molecule has 0 radical (unpaired) electrons. The van der Waals surface area contributed by atoms with E-state index < -0.39 is 0 Å². The van der Waals surface area contributed by atoms with Crippen molar-refractivity contribution in [1.82, 2.24) is 9.47 Å². The van der Waals surface area contributed by atoms with Crippen molar-refractivity contribution in [3.05, 3.63) is 101 Å².